The fourth-order valence-corrected chi connectivity index (χ4v) is 1.55. The molecule has 0 spiro atoms. The predicted molar refractivity (Wildman–Crippen MR) is 67.1 cm³/mol. The van der Waals surface area contributed by atoms with E-state index < -0.39 is 12.0 Å². The van der Waals surface area contributed by atoms with Crippen molar-refractivity contribution in [2.45, 2.75) is 25.9 Å². The summed E-state index contributed by atoms with van der Waals surface area (Å²) in [5.74, 6) is -0.723. The molecular formula is C11H19N5O3. The second-order valence-electron chi connectivity index (χ2n) is 4.00. The smallest absolute Gasteiger partial charge is 0.329 e. The van der Waals surface area contributed by atoms with Crippen LogP contribution in [0.5, 0.6) is 0 Å². The van der Waals surface area contributed by atoms with E-state index in [1.807, 2.05) is 0 Å². The van der Waals surface area contributed by atoms with Crippen molar-refractivity contribution in [3.05, 3.63) is 12.4 Å². The van der Waals surface area contributed by atoms with Crippen LogP contribution in [0, 0.1) is 0 Å². The number of nitrogens with one attached hydrogen (secondary N) is 2. The summed E-state index contributed by atoms with van der Waals surface area (Å²) >= 11 is 0. The molecule has 2 N–H and O–H groups in total. The molecule has 1 aromatic heterocycles. The maximum atomic E-state index is 11.4. The lowest BCUT2D eigenvalue weighted by Gasteiger charge is -2.16. The molecule has 0 saturated heterocycles. The minimum Gasteiger partial charge on any atom is -0.467 e. The van der Waals surface area contributed by atoms with Crippen LogP contribution in [0.25, 0.3) is 0 Å². The summed E-state index contributed by atoms with van der Waals surface area (Å²) in [4.78, 5) is 22.4. The maximum Gasteiger partial charge on any atom is 0.329 e. The predicted octanol–water partition coefficient (Wildman–Crippen LogP) is -1.06. The van der Waals surface area contributed by atoms with E-state index in [0.29, 0.717) is 13.1 Å². The van der Waals surface area contributed by atoms with Gasteiger partial charge >= 0.3 is 5.97 Å². The van der Waals surface area contributed by atoms with Crippen LogP contribution >= 0.6 is 0 Å². The Balaban J connectivity index is 2.20. The molecule has 1 heterocycles. The van der Waals surface area contributed by atoms with Crippen LogP contribution in [-0.2, 0) is 20.9 Å². The molecular weight excluding hydrogens is 250 g/mol. The third-order valence-corrected chi connectivity index (χ3v) is 2.42. The first-order chi connectivity index (χ1) is 9.13. The van der Waals surface area contributed by atoms with Crippen LogP contribution in [0.2, 0.25) is 0 Å². The molecule has 0 aliphatic carbocycles. The van der Waals surface area contributed by atoms with Crippen molar-refractivity contribution in [1.82, 2.24) is 25.6 Å². The number of rotatable bonds is 8. The first-order valence-electron chi connectivity index (χ1n) is 6.03. The number of hydrogen-bond acceptors (Lipinski definition) is 6. The van der Waals surface area contributed by atoms with Gasteiger partial charge in [-0.2, -0.15) is 0 Å². The molecule has 0 aromatic carbocycles. The molecule has 106 valence electrons. The van der Waals surface area contributed by atoms with Gasteiger partial charge in [0.05, 0.1) is 13.3 Å². The molecule has 0 aliphatic rings. The summed E-state index contributed by atoms with van der Waals surface area (Å²) in [7, 11) is 1.29. The van der Waals surface area contributed by atoms with Gasteiger partial charge in [-0.3, -0.25) is 9.48 Å². The lowest BCUT2D eigenvalue weighted by Crippen LogP contribution is -2.47. The Bertz CT molecular complexity index is 393. The Morgan fingerprint density at radius 1 is 1.47 bits per heavy atom. The van der Waals surface area contributed by atoms with Gasteiger partial charge in [-0.05, 0) is 13.0 Å². The zero-order valence-electron chi connectivity index (χ0n) is 11.1. The molecule has 1 amide bonds. The van der Waals surface area contributed by atoms with Crippen LogP contribution in [0.15, 0.2) is 12.4 Å². The molecule has 1 rings (SSSR count). The Hall–Kier alpha value is -1.96. The van der Waals surface area contributed by atoms with Crippen LogP contribution in [0.1, 0.15) is 13.3 Å². The van der Waals surface area contributed by atoms with Gasteiger partial charge in [0.2, 0.25) is 5.91 Å². The highest BCUT2D eigenvalue weighted by atomic mass is 16.5. The number of aromatic nitrogens is 3. The third kappa shape index (κ3) is 5.96. The van der Waals surface area contributed by atoms with Crippen molar-refractivity contribution in [3.8, 4) is 0 Å². The van der Waals surface area contributed by atoms with E-state index in [1.165, 1.54) is 14.0 Å². The number of amides is 1. The highest BCUT2D eigenvalue weighted by Gasteiger charge is 2.19. The molecule has 8 nitrogen and oxygen atoms in total. The molecule has 0 radical (unpaired) electrons. The standard InChI is InChI=1S/C11H19N5O3/c1-9(17)14-10(11(18)19-2)8-12-4-3-6-16-7-5-13-15-16/h5,7,10,12H,3-4,6,8H2,1-2H3,(H,14,17). The molecule has 0 aliphatic heterocycles. The summed E-state index contributed by atoms with van der Waals surface area (Å²) in [6.07, 6.45) is 4.25. The average Bonchev–Trinajstić information content (AvgIpc) is 2.88. The molecule has 1 atom stereocenters. The highest BCUT2D eigenvalue weighted by molar-refractivity contribution is 5.83. The van der Waals surface area contributed by atoms with Gasteiger partial charge in [0.15, 0.2) is 0 Å². The zero-order valence-corrected chi connectivity index (χ0v) is 11.1. The lowest BCUT2D eigenvalue weighted by molar-refractivity contribution is -0.144. The number of nitrogens with zero attached hydrogens (tertiary/aromatic N) is 3. The summed E-state index contributed by atoms with van der Waals surface area (Å²) in [6.45, 7) is 3.15. The fourth-order valence-electron chi connectivity index (χ4n) is 1.55. The SMILES string of the molecule is COC(=O)C(CNCCCn1ccnn1)NC(C)=O. The number of methoxy groups -OCH3 is 1. The van der Waals surface area contributed by atoms with E-state index in [9.17, 15) is 9.59 Å². The monoisotopic (exact) mass is 269 g/mol. The van der Waals surface area contributed by atoms with Gasteiger partial charge in [0.1, 0.15) is 6.04 Å². The number of aryl methyl sites for hydroxylation is 1. The van der Waals surface area contributed by atoms with Gasteiger partial charge in [0, 0.05) is 26.2 Å². The largest absolute Gasteiger partial charge is 0.467 e. The van der Waals surface area contributed by atoms with Crippen LogP contribution in [0.4, 0.5) is 0 Å². The molecule has 19 heavy (non-hydrogen) atoms. The first kappa shape index (κ1) is 15.1. The van der Waals surface area contributed by atoms with E-state index in [2.05, 4.69) is 25.7 Å². The number of carbonyl (C=O) groups is 2. The third-order valence-electron chi connectivity index (χ3n) is 2.42. The van der Waals surface area contributed by atoms with Crippen LogP contribution in [-0.4, -0.2) is 53.1 Å². The normalized spacial score (nSPS) is 11.9. The Morgan fingerprint density at radius 2 is 2.26 bits per heavy atom. The maximum absolute atomic E-state index is 11.4. The Labute approximate surface area is 111 Å². The number of hydrogen-bond donors (Lipinski definition) is 2. The van der Waals surface area contributed by atoms with E-state index in [4.69, 9.17) is 0 Å². The molecule has 0 bridgehead atoms. The number of esters is 1. The molecule has 8 heteroatoms. The minimum atomic E-state index is -0.658. The number of carbonyl (C=O) groups excluding carboxylic acids is 2. The van der Waals surface area contributed by atoms with Gasteiger partial charge in [-0.25, -0.2) is 4.79 Å². The zero-order chi connectivity index (χ0) is 14.1. The molecule has 0 saturated carbocycles. The fraction of sp³-hybridized carbons (Fsp3) is 0.636. The van der Waals surface area contributed by atoms with Crippen molar-refractivity contribution >= 4 is 11.9 Å². The van der Waals surface area contributed by atoms with Crippen molar-refractivity contribution < 1.29 is 14.3 Å². The van der Waals surface area contributed by atoms with Crippen LogP contribution < -0.4 is 10.6 Å². The quantitative estimate of drug-likeness (QED) is 0.461. The van der Waals surface area contributed by atoms with Gasteiger partial charge < -0.3 is 15.4 Å². The summed E-state index contributed by atoms with van der Waals surface area (Å²) in [5.41, 5.74) is 0. The average molecular weight is 269 g/mol. The second-order valence-corrected chi connectivity index (χ2v) is 4.00. The van der Waals surface area contributed by atoms with Crippen molar-refractivity contribution in [1.29, 1.82) is 0 Å². The highest BCUT2D eigenvalue weighted by Crippen LogP contribution is 1.89. The van der Waals surface area contributed by atoms with E-state index >= 15 is 0 Å². The van der Waals surface area contributed by atoms with Gasteiger partial charge in [-0.15, -0.1) is 5.10 Å². The summed E-state index contributed by atoms with van der Waals surface area (Å²) in [5, 5.41) is 13.2. The first-order valence-corrected chi connectivity index (χ1v) is 6.03. The van der Waals surface area contributed by atoms with E-state index in [1.54, 1.807) is 17.1 Å². The second kappa shape index (κ2) is 8.20. The Kier molecular flexibility index (Phi) is 6.51. The topological polar surface area (TPSA) is 98.1 Å². The number of ether oxygens (including phenoxy) is 1. The molecule has 1 unspecified atom stereocenters. The minimum absolute atomic E-state index is 0.264. The molecule has 0 fully saturated rings. The van der Waals surface area contributed by atoms with Crippen molar-refractivity contribution in [2.75, 3.05) is 20.2 Å². The van der Waals surface area contributed by atoms with Crippen LogP contribution in [0.3, 0.4) is 0 Å². The Morgan fingerprint density at radius 3 is 2.84 bits per heavy atom. The van der Waals surface area contributed by atoms with Crippen molar-refractivity contribution in [2.24, 2.45) is 0 Å². The van der Waals surface area contributed by atoms with E-state index in [-0.39, 0.29) is 5.91 Å². The molecule has 1 aromatic rings. The van der Waals surface area contributed by atoms with Crippen molar-refractivity contribution in [3.63, 3.8) is 0 Å². The summed E-state index contributed by atoms with van der Waals surface area (Å²) < 4.78 is 6.34. The van der Waals surface area contributed by atoms with E-state index in [0.717, 1.165) is 13.0 Å². The summed E-state index contributed by atoms with van der Waals surface area (Å²) in [6, 6.07) is -0.658. The lowest BCUT2D eigenvalue weighted by atomic mass is 10.3. The van der Waals surface area contributed by atoms with Gasteiger partial charge in [-0.1, -0.05) is 5.21 Å². The van der Waals surface area contributed by atoms with Gasteiger partial charge in [0.25, 0.3) is 0 Å².